The summed E-state index contributed by atoms with van der Waals surface area (Å²) in [5.41, 5.74) is 1.63. The minimum absolute atomic E-state index is 0.0594. The number of hydrogen-bond acceptors (Lipinski definition) is 5. The minimum atomic E-state index is -0.548. The van der Waals surface area contributed by atoms with Crippen LogP contribution < -0.4 is 5.32 Å². The third-order valence-corrected chi connectivity index (χ3v) is 5.63. The molecule has 0 aliphatic carbocycles. The Balaban J connectivity index is 1.33. The number of hydrogen-bond donors (Lipinski definition) is 1. The van der Waals surface area contributed by atoms with Gasteiger partial charge < -0.3 is 24.4 Å². The summed E-state index contributed by atoms with van der Waals surface area (Å²) in [6.07, 6.45) is -0.602. The number of alkyl carbamates (subject to hydrolysis) is 1. The molecular weight excluding hydrogens is 455 g/mol. The first kappa shape index (κ1) is 24.3. The maximum atomic E-state index is 12.5. The van der Waals surface area contributed by atoms with Crippen LogP contribution in [0.1, 0.15) is 17.5 Å². The topological polar surface area (TPSA) is 77.1 Å². The summed E-state index contributed by atoms with van der Waals surface area (Å²) in [6.45, 7) is 2.33. The van der Waals surface area contributed by atoms with E-state index in [2.05, 4.69) is 5.32 Å². The van der Waals surface area contributed by atoms with E-state index >= 15 is 0 Å². The Hall–Kier alpha value is -2.32. The Labute approximate surface area is 197 Å². The van der Waals surface area contributed by atoms with Crippen molar-refractivity contribution >= 4 is 35.2 Å². The van der Waals surface area contributed by atoms with Gasteiger partial charge in [0.2, 0.25) is 5.91 Å². The fraction of sp³-hybridized carbons (Fsp3) is 0.391. The van der Waals surface area contributed by atoms with Gasteiger partial charge in [-0.05, 0) is 17.7 Å². The number of morpholine rings is 1. The summed E-state index contributed by atoms with van der Waals surface area (Å²) in [4.78, 5) is 26.0. The molecule has 1 unspecified atom stereocenters. The van der Waals surface area contributed by atoms with Crippen molar-refractivity contribution in [3.63, 3.8) is 0 Å². The molecule has 7 nitrogen and oxygen atoms in total. The molecule has 1 aliphatic rings. The normalized spacial score (nSPS) is 15.9. The molecule has 172 valence electrons. The molecule has 0 radical (unpaired) electrons. The molecule has 1 fully saturated rings. The van der Waals surface area contributed by atoms with Gasteiger partial charge >= 0.3 is 6.09 Å². The van der Waals surface area contributed by atoms with Gasteiger partial charge in [-0.15, -0.1) is 0 Å². The van der Waals surface area contributed by atoms with E-state index in [4.69, 9.17) is 37.4 Å². The molecule has 9 heteroatoms. The number of rotatable bonds is 9. The van der Waals surface area contributed by atoms with Gasteiger partial charge in [-0.1, -0.05) is 59.6 Å². The molecule has 0 bridgehead atoms. The first-order valence-corrected chi connectivity index (χ1v) is 11.1. The molecular formula is C23H26Cl2N2O5. The van der Waals surface area contributed by atoms with E-state index in [0.717, 1.165) is 11.1 Å². The molecule has 0 aromatic heterocycles. The maximum Gasteiger partial charge on any atom is 0.407 e. The van der Waals surface area contributed by atoms with Gasteiger partial charge in [-0.25, -0.2) is 4.79 Å². The summed E-state index contributed by atoms with van der Waals surface area (Å²) in [5, 5.41) is 3.71. The number of ether oxygens (including phenoxy) is 3. The molecule has 32 heavy (non-hydrogen) atoms. The van der Waals surface area contributed by atoms with Gasteiger partial charge in [-0.3, -0.25) is 4.79 Å². The number of halogens is 2. The van der Waals surface area contributed by atoms with Crippen LogP contribution in [0.4, 0.5) is 4.79 Å². The number of nitrogens with zero attached hydrogens (tertiary/aromatic N) is 1. The van der Waals surface area contributed by atoms with Crippen molar-refractivity contribution < 1.29 is 23.8 Å². The zero-order chi connectivity index (χ0) is 22.8. The highest BCUT2D eigenvalue weighted by Gasteiger charge is 2.24. The Kier molecular flexibility index (Phi) is 9.62. The number of carbonyl (C=O) groups excluding carboxylic acids is 2. The van der Waals surface area contributed by atoms with Crippen molar-refractivity contribution in [3.05, 3.63) is 69.7 Å². The summed E-state index contributed by atoms with van der Waals surface area (Å²) in [6, 6.07) is 14.7. The monoisotopic (exact) mass is 480 g/mol. The molecule has 0 saturated carbocycles. The summed E-state index contributed by atoms with van der Waals surface area (Å²) in [7, 11) is 0. The second-order valence-corrected chi connectivity index (χ2v) is 8.10. The van der Waals surface area contributed by atoms with Gasteiger partial charge in [-0.2, -0.15) is 0 Å². The molecule has 1 aliphatic heterocycles. The van der Waals surface area contributed by atoms with Crippen molar-refractivity contribution in [2.24, 2.45) is 0 Å². The second kappa shape index (κ2) is 12.6. The SMILES string of the molecule is O=C(NCCC(=O)N1CCOC(COCc2c(Cl)cccc2Cl)C1)OCc1ccccc1. The lowest BCUT2D eigenvalue weighted by Crippen LogP contribution is -2.47. The van der Waals surface area contributed by atoms with Crippen LogP contribution in [0.5, 0.6) is 0 Å². The molecule has 2 aromatic carbocycles. The standard InChI is InChI=1S/C23H26Cl2N2O5/c24-20-7-4-8-21(25)19(20)16-30-15-18-13-27(11-12-31-18)22(28)9-10-26-23(29)32-14-17-5-2-1-3-6-17/h1-8,18H,9-16H2,(H,26,29). The van der Waals surface area contributed by atoms with E-state index < -0.39 is 6.09 Å². The van der Waals surface area contributed by atoms with Crippen molar-refractivity contribution in [1.29, 1.82) is 0 Å². The summed E-state index contributed by atoms with van der Waals surface area (Å²) >= 11 is 12.3. The largest absolute Gasteiger partial charge is 0.445 e. The van der Waals surface area contributed by atoms with Crippen molar-refractivity contribution in [1.82, 2.24) is 10.2 Å². The van der Waals surface area contributed by atoms with Crippen molar-refractivity contribution in [2.75, 3.05) is 32.8 Å². The predicted octanol–water partition coefficient (Wildman–Crippen LogP) is 4.05. The maximum absolute atomic E-state index is 12.5. The molecule has 0 spiro atoms. The van der Waals surface area contributed by atoms with Crippen LogP contribution in [0.2, 0.25) is 10.0 Å². The van der Waals surface area contributed by atoms with Gasteiger partial charge in [0.05, 0.1) is 25.9 Å². The van der Waals surface area contributed by atoms with Crippen LogP contribution in [0, 0.1) is 0 Å². The van der Waals surface area contributed by atoms with Crippen LogP contribution in [-0.2, 0) is 32.2 Å². The number of nitrogens with one attached hydrogen (secondary N) is 1. The van der Waals surface area contributed by atoms with Gasteiger partial charge in [0, 0.05) is 41.7 Å². The van der Waals surface area contributed by atoms with Crippen LogP contribution in [0.3, 0.4) is 0 Å². The Morgan fingerprint density at radius 2 is 1.81 bits per heavy atom. The minimum Gasteiger partial charge on any atom is -0.445 e. The molecule has 1 atom stereocenters. The molecule has 1 heterocycles. The molecule has 2 amide bonds. The second-order valence-electron chi connectivity index (χ2n) is 7.29. The summed E-state index contributed by atoms with van der Waals surface area (Å²) in [5.74, 6) is -0.0594. The van der Waals surface area contributed by atoms with Crippen molar-refractivity contribution in [3.8, 4) is 0 Å². The molecule has 1 saturated heterocycles. The lowest BCUT2D eigenvalue weighted by Gasteiger charge is -2.33. The molecule has 3 rings (SSSR count). The average Bonchev–Trinajstić information content (AvgIpc) is 2.80. The smallest absolute Gasteiger partial charge is 0.407 e. The average molecular weight is 481 g/mol. The van der Waals surface area contributed by atoms with Crippen LogP contribution in [0.25, 0.3) is 0 Å². The number of benzene rings is 2. The highest BCUT2D eigenvalue weighted by Crippen LogP contribution is 2.25. The van der Waals surface area contributed by atoms with Crippen molar-refractivity contribution in [2.45, 2.75) is 25.7 Å². The third-order valence-electron chi connectivity index (χ3n) is 4.92. The van der Waals surface area contributed by atoms with Gasteiger partial charge in [0.1, 0.15) is 6.61 Å². The van der Waals surface area contributed by atoms with E-state index in [-0.39, 0.29) is 38.2 Å². The Morgan fingerprint density at radius 3 is 2.56 bits per heavy atom. The van der Waals surface area contributed by atoms with E-state index in [0.29, 0.717) is 36.3 Å². The zero-order valence-electron chi connectivity index (χ0n) is 17.6. The predicted molar refractivity (Wildman–Crippen MR) is 122 cm³/mol. The zero-order valence-corrected chi connectivity index (χ0v) is 19.1. The Morgan fingerprint density at radius 1 is 1.06 bits per heavy atom. The van der Waals surface area contributed by atoms with Crippen LogP contribution >= 0.6 is 23.2 Å². The highest BCUT2D eigenvalue weighted by molar-refractivity contribution is 6.35. The highest BCUT2D eigenvalue weighted by atomic mass is 35.5. The Bertz CT molecular complexity index is 877. The fourth-order valence-corrected chi connectivity index (χ4v) is 3.72. The molecule has 1 N–H and O–H groups in total. The number of carbonyl (C=O) groups is 2. The third kappa shape index (κ3) is 7.67. The quantitative estimate of drug-likeness (QED) is 0.585. The lowest BCUT2D eigenvalue weighted by molar-refractivity contribution is -0.141. The summed E-state index contributed by atoms with van der Waals surface area (Å²) < 4.78 is 16.6. The number of amides is 2. The first-order chi connectivity index (χ1) is 15.5. The van der Waals surface area contributed by atoms with E-state index in [1.54, 1.807) is 23.1 Å². The van der Waals surface area contributed by atoms with E-state index in [1.165, 1.54) is 0 Å². The van der Waals surface area contributed by atoms with Crippen LogP contribution in [0.15, 0.2) is 48.5 Å². The van der Waals surface area contributed by atoms with Gasteiger partial charge in [0.15, 0.2) is 0 Å². The van der Waals surface area contributed by atoms with Gasteiger partial charge in [0.25, 0.3) is 0 Å². The first-order valence-electron chi connectivity index (χ1n) is 10.4. The fourth-order valence-electron chi connectivity index (χ4n) is 3.21. The van der Waals surface area contributed by atoms with Crippen LogP contribution in [-0.4, -0.2) is 55.9 Å². The lowest BCUT2D eigenvalue weighted by atomic mass is 10.2. The van der Waals surface area contributed by atoms with E-state index in [9.17, 15) is 9.59 Å². The molecule has 2 aromatic rings. The van der Waals surface area contributed by atoms with E-state index in [1.807, 2.05) is 30.3 Å².